The monoisotopic (exact) mass is 374 g/mol. The van der Waals surface area contributed by atoms with Gasteiger partial charge in [-0.15, -0.1) is 0 Å². The summed E-state index contributed by atoms with van der Waals surface area (Å²) in [5.74, 6) is 0.360. The fraction of sp³-hybridized carbons (Fsp3) is 0.389. The number of esters is 1. The van der Waals surface area contributed by atoms with Crippen LogP contribution in [0.4, 0.5) is 0 Å². The van der Waals surface area contributed by atoms with Crippen LogP contribution in [0.3, 0.4) is 0 Å². The Morgan fingerprint density at radius 2 is 2.08 bits per heavy atom. The van der Waals surface area contributed by atoms with Crippen molar-refractivity contribution in [1.29, 1.82) is 0 Å². The number of hydrogen-bond donors (Lipinski definition) is 1. The standard InChI is InChI=1S/C18H22N4O3S/c1-4-25-17(23)16-14-11-21(18(26)19-2)10-9-15(14)22(20-16)12-5-7-13(24-3)8-6-12/h5-8H,4,9-11H2,1-3H3,(H,19,26). The van der Waals surface area contributed by atoms with Gasteiger partial charge in [0.2, 0.25) is 0 Å². The normalized spacial score (nSPS) is 13.1. The second-order valence-electron chi connectivity index (χ2n) is 5.83. The Labute approximate surface area is 157 Å². The number of ether oxygens (including phenoxy) is 2. The van der Waals surface area contributed by atoms with Crippen LogP contribution in [-0.2, 0) is 17.7 Å². The van der Waals surface area contributed by atoms with Crippen molar-refractivity contribution < 1.29 is 14.3 Å². The highest BCUT2D eigenvalue weighted by molar-refractivity contribution is 7.80. The van der Waals surface area contributed by atoms with E-state index in [4.69, 9.17) is 21.7 Å². The lowest BCUT2D eigenvalue weighted by molar-refractivity contribution is 0.0517. The number of carbonyl (C=O) groups is 1. The van der Waals surface area contributed by atoms with Crippen LogP contribution < -0.4 is 10.1 Å². The summed E-state index contributed by atoms with van der Waals surface area (Å²) in [5.41, 5.74) is 3.10. The molecule has 1 aliphatic rings. The second-order valence-corrected chi connectivity index (χ2v) is 6.22. The zero-order valence-corrected chi connectivity index (χ0v) is 15.9. The summed E-state index contributed by atoms with van der Waals surface area (Å²) >= 11 is 5.35. The number of nitrogens with zero attached hydrogens (tertiary/aromatic N) is 3. The van der Waals surface area contributed by atoms with Crippen LogP contribution >= 0.6 is 12.2 Å². The summed E-state index contributed by atoms with van der Waals surface area (Å²) in [4.78, 5) is 14.5. The van der Waals surface area contributed by atoms with Gasteiger partial charge in [-0.05, 0) is 43.4 Å². The summed E-state index contributed by atoms with van der Waals surface area (Å²) in [6.45, 7) is 3.38. The lowest BCUT2D eigenvalue weighted by Crippen LogP contribution is -2.41. The molecule has 2 heterocycles. The summed E-state index contributed by atoms with van der Waals surface area (Å²) in [6.07, 6.45) is 0.732. The predicted molar refractivity (Wildman–Crippen MR) is 102 cm³/mol. The van der Waals surface area contributed by atoms with Crippen LogP contribution in [-0.4, -0.2) is 53.1 Å². The van der Waals surface area contributed by atoms with Gasteiger partial charge in [0.15, 0.2) is 10.8 Å². The van der Waals surface area contributed by atoms with Crippen LogP contribution in [0.25, 0.3) is 5.69 Å². The topological polar surface area (TPSA) is 68.6 Å². The van der Waals surface area contributed by atoms with Gasteiger partial charge in [-0.25, -0.2) is 9.48 Å². The van der Waals surface area contributed by atoms with Gasteiger partial charge < -0.3 is 19.7 Å². The van der Waals surface area contributed by atoms with Crippen molar-refractivity contribution in [1.82, 2.24) is 20.0 Å². The zero-order chi connectivity index (χ0) is 18.7. The Bertz CT molecular complexity index is 817. The van der Waals surface area contributed by atoms with Crippen LogP contribution in [0.5, 0.6) is 5.75 Å². The summed E-state index contributed by atoms with van der Waals surface area (Å²) in [6, 6.07) is 7.59. The molecule has 0 saturated heterocycles. The largest absolute Gasteiger partial charge is 0.497 e. The van der Waals surface area contributed by atoms with Crippen molar-refractivity contribution in [3.63, 3.8) is 0 Å². The molecule has 0 bridgehead atoms. The first-order valence-corrected chi connectivity index (χ1v) is 8.88. The molecule has 1 N–H and O–H groups in total. The van der Waals surface area contributed by atoms with Gasteiger partial charge in [0.25, 0.3) is 0 Å². The van der Waals surface area contributed by atoms with Gasteiger partial charge in [-0.3, -0.25) is 0 Å². The molecule has 7 nitrogen and oxygen atoms in total. The molecule has 26 heavy (non-hydrogen) atoms. The van der Waals surface area contributed by atoms with E-state index in [2.05, 4.69) is 10.4 Å². The Kier molecular flexibility index (Phi) is 5.41. The average molecular weight is 374 g/mol. The number of benzene rings is 1. The number of fused-ring (bicyclic) bond motifs is 1. The molecule has 2 aromatic rings. The van der Waals surface area contributed by atoms with Crippen LogP contribution in [0, 0.1) is 0 Å². The van der Waals surface area contributed by atoms with Crippen molar-refractivity contribution in [3.05, 3.63) is 41.2 Å². The van der Waals surface area contributed by atoms with Crippen LogP contribution in [0.1, 0.15) is 28.7 Å². The van der Waals surface area contributed by atoms with Crippen molar-refractivity contribution >= 4 is 23.3 Å². The molecule has 0 aliphatic carbocycles. The number of carbonyl (C=O) groups excluding carboxylic acids is 1. The number of aromatic nitrogens is 2. The Morgan fingerprint density at radius 3 is 2.69 bits per heavy atom. The molecule has 8 heteroatoms. The first-order chi connectivity index (χ1) is 12.6. The molecule has 0 atom stereocenters. The first kappa shape index (κ1) is 18.2. The molecule has 1 aromatic carbocycles. The molecule has 0 saturated carbocycles. The van der Waals surface area contributed by atoms with E-state index in [1.54, 1.807) is 21.1 Å². The minimum Gasteiger partial charge on any atom is -0.497 e. The van der Waals surface area contributed by atoms with Gasteiger partial charge in [0.05, 0.1) is 25.1 Å². The van der Waals surface area contributed by atoms with Crippen molar-refractivity contribution in [2.24, 2.45) is 0 Å². The van der Waals surface area contributed by atoms with E-state index in [0.29, 0.717) is 24.0 Å². The number of rotatable bonds is 4. The average Bonchev–Trinajstić information content (AvgIpc) is 3.06. The van der Waals surface area contributed by atoms with E-state index in [9.17, 15) is 4.79 Å². The van der Waals surface area contributed by atoms with Gasteiger partial charge in [0, 0.05) is 32.1 Å². The molecule has 0 amide bonds. The SMILES string of the molecule is CCOC(=O)c1nn(-c2ccc(OC)cc2)c2c1CN(C(=S)NC)CC2. The molecule has 0 fully saturated rings. The van der Waals surface area contributed by atoms with E-state index in [0.717, 1.165) is 35.7 Å². The maximum Gasteiger partial charge on any atom is 0.359 e. The molecule has 138 valence electrons. The third-order valence-corrected chi connectivity index (χ3v) is 4.81. The highest BCUT2D eigenvalue weighted by Crippen LogP contribution is 2.27. The lowest BCUT2D eigenvalue weighted by atomic mass is 10.1. The van der Waals surface area contributed by atoms with Crippen LogP contribution in [0.2, 0.25) is 0 Å². The minimum absolute atomic E-state index is 0.307. The lowest BCUT2D eigenvalue weighted by Gasteiger charge is -2.29. The maximum absolute atomic E-state index is 12.4. The summed E-state index contributed by atoms with van der Waals surface area (Å²) < 4.78 is 12.2. The van der Waals surface area contributed by atoms with Crippen molar-refractivity contribution in [2.75, 3.05) is 27.3 Å². The molecule has 3 rings (SSSR count). The van der Waals surface area contributed by atoms with E-state index < -0.39 is 5.97 Å². The van der Waals surface area contributed by atoms with Gasteiger partial charge >= 0.3 is 5.97 Å². The quantitative estimate of drug-likeness (QED) is 0.648. The second kappa shape index (κ2) is 7.74. The molecule has 0 radical (unpaired) electrons. The highest BCUT2D eigenvalue weighted by atomic mass is 32.1. The van der Waals surface area contributed by atoms with Gasteiger partial charge in [0.1, 0.15) is 5.75 Å². The Balaban J connectivity index is 2.04. The van der Waals surface area contributed by atoms with E-state index in [-0.39, 0.29) is 0 Å². The van der Waals surface area contributed by atoms with E-state index in [1.165, 1.54) is 0 Å². The molecule has 1 aromatic heterocycles. The summed E-state index contributed by atoms with van der Waals surface area (Å²) in [5, 5.41) is 8.21. The molecule has 0 unspecified atom stereocenters. The third kappa shape index (κ3) is 3.37. The van der Waals surface area contributed by atoms with E-state index >= 15 is 0 Å². The Hall–Kier alpha value is -2.61. The number of nitrogens with one attached hydrogen (secondary N) is 1. The fourth-order valence-electron chi connectivity index (χ4n) is 3.05. The Morgan fingerprint density at radius 1 is 1.35 bits per heavy atom. The molecule has 0 spiro atoms. The molecular formula is C18H22N4O3S. The van der Waals surface area contributed by atoms with Crippen molar-refractivity contribution in [2.45, 2.75) is 19.9 Å². The van der Waals surface area contributed by atoms with E-state index in [1.807, 2.05) is 33.8 Å². The highest BCUT2D eigenvalue weighted by Gasteiger charge is 2.30. The predicted octanol–water partition coefficient (Wildman–Crippen LogP) is 1.92. The fourth-order valence-corrected chi connectivity index (χ4v) is 3.21. The smallest absolute Gasteiger partial charge is 0.359 e. The number of thiocarbonyl (C=S) groups is 1. The summed E-state index contributed by atoms with van der Waals surface area (Å²) in [7, 11) is 3.42. The minimum atomic E-state index is -0.409. The number of methoxy groups -OCH3 is 1. The molecular weight excluding hydrogens is 352 g/mol. The number of hydrogen-bond acceptors (Lipinski definition) is 5. The van der Waals surface area contributed by atoms with Crippen molar-refractivity contribution in [3.8, 4) is 11.4 Å². The maximum atomic E-state index is 12.4. The first-order valence-electron chi connectivity index (χ1n) is 8.48. The van der Waals surface area contributed by atoms with Gasteiger partial charge in [-0.2, -0.15) is 5.10 Å². The molecule has 1 aliphatic heterocycles. The zero-order valence-electron chi connectivity index (χ0n) is 15.1. The van der Waals surface area contributed by atoms with Crippen LogP contribution in [0.15, 0.2) is 24.3 Å². The van der Waals surface area contributed by atoms with Gasteiger partial charge in [-0.1, -0.05) is 0 Å². The third-order valence-electron chi connectivity index (χ3n) is 4.34.